The Bertz CT molecular complexity index is 1160. The number of hydrogen-bond acceptors (Lipinski definition) is 4. The van der Waals surface area contributed by atoms with Crippen molar-refractivity contribution < 1.29 is 8.42 Å². The summed E-state index contributed by atoms with van der Waals surface area (Å²) in [6, 6.07) is 16.8. The average Bonchev–Trinajstić information content (AvgIpc) is 3.32. The molecule has 2 aliphatic heterocycles. The number of H-pyrrole nitrogens is 1. The third-order valence-corrected chi connectivity index (χ3v) is 9.18. The molecule has 0 radical (unpaired) electrons. The van der Waals surface area contributed by atoms with Gasteiger partial charge in [-0.1, -0.05) is 36.4 Å². The van der Waals surface area contributed by atoms with Gasteiger partial charge in [-0.25, -0.2) is 17.7 Å². The van der Waals surface area contributed by atoms with Gasteiger partial charge < -0.3 is 9.88 Å². The molecule has 0 amide bonds. The Balaban J connectivity index is 1.32. The van der Waals surface area contributed by atoms with Crippen LogP contribution < -0.4 is 4.90 Å². The molecule has 6 nitrogen and oxygen atoms in total. The highest BCUT2D eigenvalue weighted by atomic mass is 32.2. The first kappa shape index (κ1) is 20.5. The molecule has 31 heavy (non-hydrogen) atoms. The summed E-state index contributed by atoms with van der Waals surface area (Å²) >= 11 is 0. The number of benzene rings is 2. The van der Waals surface area contributed by atoms with Gasteiger partial charge in [0.2, 0.25) is 16.0 Å². The number of sulfonamides is 1. The van der Waals surface area contributed by atoms with E-state index in [0.29, 0.717) is 24.9 Å². The first-order valence-electron chi connectivity index (χ1n) is 11.2. The van der Waals surface area contributed by atoms with Gasteiger partial charge in [-0.05, 0) is 61.8 Å². The number of rotatable bonds is 4. The molecular weight excluding hydrogens is 408 g/mol. The molecule has 1 N–H and O–H groups in total. The first-order chi connectivity index (χ1) is 14.9. The monoisotopic (exact) mass is 438 g/mol. The van der Waals surface area contributed by atoms with E-state index in [1.807, 2.05) is 6.07 Å². The summed E-state index contributed by atoms with van der Waals surface area (Å²) in [5, 5.41) is -0.349. The summed E-state index contributed by atoms with van der Waals surface area (Å²) in [7, 11) is -3.16. The van der Waals surface area contributed by atoms with Gasteiger partial charge in [-0.3, -0.25) is 0 Å². The van der Waals surface area contributed by atoms with Gasteiger partial charge in [-0.15, -0.1) is 0 Å². The topological polar surface area (TPSA) is 69.3 Å². The van der Waals surface area contributed by atoms with E-state index in [4.69, 9.17) is 4.98 Å². The number of hydrogen-bond donors (Lipinski definition) is 1. The maximum absolute atomic E-state index is 12.6. The fourth-order valence-corrected chi connectivity index (χ4v) is 6.32. The van der Waals surface area contributed by atoms with E-state index in [9.17, 15) is 8.42 Å². The zero-order valence-electron chi connectivity index (χ0n) is 18.2. The molecule has 2 saturated heterocycles. The van der Waals surface area contributed by atoms with E-state index >= 15 is 0 Å². The van der Waals surface area contributed by atoms with Crippen molar-refractivity contribution in [3.05, 3.63) is 48.5 Å². The second-order valence-electron chi connectivity index (χ2n) is 9.15. The van der Waals surface area contributed by atoms with Crippen LogP contribution in [0.1, 0.15) is 26.7 Å². The summed E-state index contributed by atoms with van der Waals surface area (Å²) in [5.74, 6) is 1.96. The van der Waals surface area contributed by atoms with Crippen LogP contribution in [-0.2, 0) is 10.0 Å². The maximum Gasteiger partial charge on any atom is 0.216 e. The molecule has 1 aromatic heterocycles. The molecule has 3 aromatic rings. The Morgan fingerprint density at radius 2 is 1.65 bits per heavy atom. The van der Waals surface area contributed by atoms with Crippen molar-refractivity contribution in [3.8, 4) is 11.1 Å². The summed E-state index contributed by atoms with van der Waals surface area (Å²) in [6.45, 7) is 6.69. The van der Waals surface area contributed by atoms with Gasteiger partial charge in [0.1, 0.15) is 0 Å². The smallest absolute Gasteiger partial charge is 0.216 e. The third-order valence-electron chi connectivity index (χ3n) is 6.91. The van der Waals surface area contributed by atoms with Gasteiger partial charge >= 0.3 is 0 Å². The summed E-state index contributed by atoms with van der Waals surface area (Å²) < 4.78 is 26.9. The molecule has 5 rings (SSSR count). The van der Waals surface area contributed by atoms with Gasteiger partial charge in [0, 0.05) is 26.2 Å². The minimum Gasteiger partial charge on any atom is -0.342 e. The quantitative estimate of drug-likeness (QED) is 0.665. The fraction of sp³-hybridized carbons (Fsp3) is 0.458. The number of anilines is 1. The van der Waals surface area contributed by atoms with E-state index in [2.05, 4.69) is 52.3 Å². The second kappa shape index (κ2) is 7.95. The van der Waals surface area contributed by atoms with E-state index in [1.54, 1.807) is 18.2 Å². The lowest BCUT2D eigenvalue weighted by Crippen LogP contribution is -2.37. The average molecular weight is 439 g/mol. The standard InChI is InChI=1S/C24H30N4O2S/c1-17(2)31(29,30)28-12-10-20-15-27(16-21(20)11-13-28)24-25-22-9-8-19(14-23(22)26-24)18-6-4-3-5-7-18/h3-9,14,17,20-21H,10-13,15-16H2,1-2H3,(H,25,26). The van der Waals surface area contributed by atoms with Crippen LogP contribution in [0.5, 0.6) is 0 Å². The van der Waals surface area contributed by atoms with Crippen LogP contribution in [0.3, 0.4) is 0 Å². The highest BCUT2D eigenvalue weighted by Crippen LogP contribution is 2.35. The number of fused-ring (bicyclic) bond motifs is 2. The first-order valence-corrected chi connectivity index (χ1v) is 12.7. The molecule has 7 heteroatoms. The molecule has 2 aliphatic rings. The second-order valence-corrected chi connectivity index (χ2v) is 11.6. The SMILES string of the molecule is CC(C)S(=O)(=O)N1CCC2CN(c3nc4cc(-c5ccccc5)ccc4[nH]3)CC2CC1. The fourth-order valence-electron chi connectivity index (χ4n) is 5.00. The molecule has 2 unspecified atom stereocenters. The third kappa shape index (κ3) is 3.85. The maximum atomic E-state index is 12.6. The predicted octanol–water partition coefficient (Wildman–Crippen LogP) is 4.12. The Kier molecular flexibility index (Phi) is 5.26. The summed E-state index contributed by atoms with van der Waals surface area (Å²) in [6.07, 6.45) is 1.84. The molecule has 2 fully saturated rings. The largest absolute Gasteiger partial charge is 0.342 e. The van der Waals surface area contributed by atoms with E-state index < -0.39 is 10.0 Å². The van der Waals surface area contributed by atoms with E-state index in [-0.39, 0.29) is 5.25 Å². The zero-order chi connectivity index (χ0) is 21.6. The molecule has 3 heterocycles. The molecule has 0 aliphatic carbocycles. The Labute approximate surface area is 184 Å². The lowest BCUT2D eigenvalue weighted by molar-refractivity contribution is 0.409. The van der Waals surface area contributed by atoms with Crippen LogP contribution in [0, 0.1) is 11.8 Å². The molecule has 164 valence electrons. The number of aromatic amines is 1. The van der Waals surface area contributed by atoms with Crippen molar-refractivity contribution in [3.63, 3.8) is 0 Å². The van der Waals surface area contributed by atoms with Gasteiger partial charge in [0.05, 0.1) is 16.3 Å². The van der Waals surface area contributed by atoms with E-state index in [1.165, 1.54) is 11.1 Å². The molecule has 0 bridgehead atoms. The molecule has 0 spiro atoms. The van der Waals surface area contributed by atoms with Gasteiger partial charge in [0.25, 0.3) is 0 Å². The summed E-state index contributed by atoms with van der Waals surface area (Å²) in [5.41, 5.74) is 4.40. The van der Waals surface area contributed by atoms with Crippen LogP contribution in [0.2, 0.25) is 0 Å². The molecule has 2 aromatic carbocycles. The van der Waals surface area contributed by atoms with E-state index in [0.717, 1.165) is 42.9 Å². The van der Waals surface area contributed by atoms with Crippen LogP contribution in [0.15, 0.2) is 48.5 Å². The molecule has 0 saturated carbocycles. The van der Waals surface area contributed by atoms with Crippen LogP contribution in [0.25, 0.3) is 22.2 Å². The Morgan fingerprint density at radius 1 is 0.968 bits per heavy atom. The number of aromatic nitrogens is 2. The lowest BCUT2D eigenvalue weighted by atomic mass is 9.92. The van der Waals surface area contributed by atoms with Crippen molar-refractivity contribution in [1.29, 1.82) is 0 Å². The molecule has 2 atom stereocenters. The highest BCUT2D eigenvalue weighted by molar-refractivity contribution is 7.89. The predicted molar refractivity (Wildman–Crippen MR) is 126 cm³/mol. The van der Waals surface area contributed by atoms with Crippen molar-refractivity contribution in [2.75, 3.05) is 31.1 Å². The summed E-state index contributed by atoms with van der Waals surface area (Å²) in [4.78, 5) is 10.8. The number of imidazole rings is 1. The lowest BCUT2D eigenvalue weighted by Gasteiger charge is -2.23. The van der Waals surface area contributed by atoms with Crippen LogP contribution in [0.4, 0.5) is 5.95 Å². The molecular formula is C24H30N4O2S. The Hall–Kier alpha value is -2.38. The normalized spacial score (nSPS) is 22.7. The number of nitrogens with one attached hydrogen (secondary N) is 1. The Morgan fingerprint density at radius 3 is 2.29 bits per heavy atom. The number of nitrogens with zero attached hydrogens (tertiary/aromatic N) is 3. The van der Waals surface area contributed by atoms with Crippen molar-refractivity contribution in [2.24, 2.45) is 11.8 Å². The van der Waals surface area contributed by atoms with Crippen molar-refractivity contribution in [2.45, 2.75) is 31.9 Å². The van der Waals surface area contributed by atoms with Crippen molar-refractivity contribution >= 4 is 27.0 Å². The van der Waals surface area contributed by atoms with Gasteiger partial charge in [-0.2, -0.15) is 0 Å². The minimum absolute atomic E-state index is 0.349. The minimum atomic E-state index is -3.16. The zero-order valence-corrected chi connectivity index (χ0v) is 19.0. The van der Waals surface area contributed by atoms with Gasteiger partial charge in [0.15, 0.2) is 0 Å². The van der Waals surface area contributed by atoms with Crippen molar-refractivity contribution in [1.82, 2.24) is 14.3 Å². The van der Waals surface area contributed by atoms with Crippen LogP contribution in [-0.4, -0.2) is 54.1 Å². The highest BCUT2D eigenvalue weighted by Gasteiger charge is 2.38. The van der Waals surface area contributed by atoms with Crippen LogP contribution >= 0.6 is 0 Å².